The van der Waals surface area contributed by atoms with Gasteiger partial charge in [-0.05, 0) is 0 Å². The molecule has 2 atom stereocenters. The number of hydrogen-bond acceptors (Lipinski definition) is 4. The van der Waals surface area contributed by atoms with Crippen LogP contribution < -0.4 is 0 Å². The highest BCUT2D eigenvalue weighted by Crippen LogP contribution is 2.01. The smallest absolute Gasteiger partial charge is 0.0766 e. The summed E-state index contributed by atoms with van der Waals surface area (Å²) in [5, 5.41) is 16.8. The molecule has 0 aliphatic heterocycles. The highest BCUT2D eigenvalue weighted by molar-refractivity contribution is 7.81. The Hall–Kier alpha value is 0.620. The molecule has 0 saturated carbocycles. The van der Waals surface area contributed by atoms with E-state index < -0.39 is 6.10 Å². The molecule has 0 spiro atoms. The van der Waals surface area contributed by atoms with Crippen LogP contribution in [0, 0.1) is 0 Å². The van der Waals surface area contributed by atoms with E-state index in [0.29, 0.717) is 5.75 Å². The van der Waals surface area contributed by atoms with E-state index in [0.717, 1.165) is 0 Å². The molecule has 0 bridgehead atoms. The van der Waals surface area contributed by atoms with Gasteiger partial charge in [0.25, 0.3) is 0 Å². The predicted octanol–water partition coefficient (Wildman–Crippen LogP) is -0.432. The van der Waals surface area contributed by atoms with Crippen molar-refractivity contribution in [2.24, 2.45) is 0 Å². The second-order valence-corrected chi connectivity index (χ2v) is 2.53. The monoisotopic (exact) mass is 154 g/mol. The molecule has 2 unspecified atom stereocenters. The van der Waals surface area contributed by atoms with Gasteiger partial charge in [0.1, 0.15) is 0 Å². The topological polar surface area (TPSA) is 40.5 Å². The maximum atomic E-state index is 8.81. The number of thiol groups is 2. The lowest BCUT2D eigenvalue weighted by atomic mass is 10.3. The van der Waals surface area contributed by atoms with Gasteiger partial charge in [-0.15, -0.1) is 0 Å². The standard InChI is InChI=1S/C4H10O2S2/c5-1-4(8)3(6)2-7/h3-8H,1-2H2. The molecular weight excluding hydrogens is 144 g/mol. The van der Waals surface area contributed by atoms with E-state index in [1.807, 2.05) is 0 Å². The zero-order valence-corrected chi connectivity index (χ0v) is 6.15. The van der Waals surface area contributed by atoms with Gasteiger partial charge in [0.05, 0.1) is 18.0 Å². The van der Waals surface area contributed by atoms with Crippen molar-refractivity contribution in [2.75, 3.05) is 12.4 Å². The zero-order chi connectivity index (χ0) is 6.57. The fourth-order valence-corrected chi connectivity index (χ4v) is 0.770. The molecule has 0 saturated heterocycles. The zero-order valence-electron chi connectivity index (χ0n) is 4.36. The van der Waals surface area contributed by atoms with Crippen molar-refractivity contribution in [2.45, 2.75) is 11.4 Å². The van der Waals surface area contributed by atoms with Gasteiger partial charge in [-0.1, -0.05) is 0 Å². The van der Waals surface area contributed by atoms with Crippen molar-refractivity contribution in [3.8, 4) is 0 Å². The molecule has 2 nitrogen and oxygen atoms in total. The Morgan fingerprint density at radius 1 is 1.50 bits per heavy atom. The first-order chi connectivity index (χ1) is 3.72. The highest BCUT2D eigenvalue weighted by atomic mass is 32.1. The summed E-state index contributed by atoms with van der Waals surface area (Å²) < 4.78 is 0. The van der Waals surface area contributed by atoms with Gasteiger partial charge in [-0.3, -0.25) is 0 Å². The normalized spacial score (nSPS) is 18.0. The van der Waals surface area contributed by atoms with Gasteiger partial charge in [-0.2, -0.15) is 25.3 Å². The number of aliphatic hydroxyl groups is 2. The maximum absolute atomic E-state index is 8.81. The lowest BCUT2D eigenvalue weighted by Crippen LogP contribution is -2.25. The van der Waals surface area contributed by atoms with E-state index in [1.54, 1.807) is 0 Å². The summed E-state index contributed by atoms with van der Waals surface area (Å²) in [4.78, 5) is 0. The summed E-state index contributed by atoms with van der Waals surface area (Å²) in [6.45, 7) is -0.106. The largest absolute Gasteiger partial charge is 0.395 e. The van der Waals surface area contributed by atoms with E-state index in [1.165, 1.54) is 0 Å². The minimum Gasteiger partial charge on any atom is -0.395 e. The number of aliphatic hydroxyl groups excluding tert-OH is 2. The van der Waals surface area contributed by atoms with Gasteiger partial charge >= 0.3 is 0 Å². The minimum absolute atomic E-state index is 0.106. The highest BCUT2D eigenvalue weighted by Gasteiger charge is 2.10. The summed E-state index contributed by atoms with van der Waals surface area (Å²) in [6, 6.07) is 0. The van der Waals surface area contributed by atoms with Crippen LogP contribution in [0.4, 0.5) is 0 Å². The average molecular weight is 154 g/mol. The third-order valence-corrected chi connectivity index (χ3v) is 1.70. The van der Waals surface area contributed by atoms with Gasteiger partial charge < -0.3 is 10.2 Å². The van der Waals surface area contributed by atoms with Gasteiger partial charge in [0.15, 0.2) is 0 Å². The quantitative estimate of drug-likeness (QED) is 0.417. The van der Waals surface area contributed by atoms with E-state index in [4.69, 9.17) is 10.2 Å². The Balaban J connectivity index is 3.29. The Kier molecular flexibility index (Phi) is 4.84. The van der Waals surface area contributed by atoms with Crippen LogP contribution >= 0.6 is 25.3 Å². The molecule has 0 rings (SSSR count). The van der Waals surface area contributed by atoms with Gasteiger partial charge in [0, 0.05) is 5.75 Å². The lowest BCUT2D eigenvalue weighted by Gasteiger charge is -2.11. The molecule has 2 N–H and O–H groups in total. The molecule has 0 aromatic rings. The summed E-state index contributed by atoms with van der Waals surface area (Å²) in [7, 11) is 0. The maximum Gasteiger partial charge on any atom is 0.0766 e. The second-order valence-electron chi connectivity index (χ2n) is 1.50. The van der Waals surface area contributed by atoms with Crippen molar-refractivity contribution in [1.82, 2.24) is 0 Å². The van der Waals surface area contributed by atoms with E-state index in [2.05, 4.69) is 25.3 Å². The van der Waals surface area contributed by atoms with Crippen molar-refractivity contribution in [3.63, 3.8) is 0 Å². The Bertz CT molecular complexity index is 52.0. The third-order valence-electron chi connectivity index (χ3n) is 0.818. The van der Waals surface area contributed by atoms with Gasteiger partial charge in [-0.25, -0.2) is 0 Å². The van der Waals surface area contributed by atoms with Crippen molar-refractivity contribution in [1.29, 1.82) is 0 Å². The Morgan fingerprint density at radius 2 is 2.00 bits per heavy atom. The van der Waals surface area contributed by atoms with Crippen LogP contribution in [0.25, 0.3) is 0 Å². The molecule has 0 aliphatic carbocycles. The summed E-state index contributed by atoms with van der Waals surface area (Å²) in [5.41, 5.74) is 0. The lowest BCUT2D eigenvalue weighted by molar-refractivity contribution is 0.161. The fourth-order valence-electron chi connectivity index (χ4n) is 0.243. The SMILES string of the molecule is OCC(S)C(O)CS. The van der Waals surface area contributed by atoms with Crippen LogP contribution in [0.1, 0.15) is 0 Å². The second kappa shape index (κ2) is 4.49. The fraction of sp³-hybridized carbons (Fsp3) is 1.00. The minimum atomic E-state index is -0.605. The Labute approximate surface area is 59.7 Å². The van der Waals surface area contributed by atoms with Crippen molar-refractivity contribution < 1.29 is 10.2 Å². The molecule has 0 aliphatic rings. The van der Waals surface area contributed by atoms with E-state index in [-0.39, 0.29) is 11.9 Å². The van der Waals surface area contributed by atoms with Crippen LogP contribution in [0.2, 0.25) is 0 Å². The summed E-state index contributed by atoms with van der Waals surface area (Å²) >= 11 is 7.65. The molecule has 4 heteroatoms. The van der Waals surface area contributed by atoms with Crippen LogP contribution in [-0.2, 0) is 0 Å². The van der Waals surface area contributed by atoms with Crippen molar-refractivity contribution in [3.05, 3.63) is 0 Å². The predicted molar refractivity (Wildman–Crippen MR) is 39.7 cm³/mol. The first kappa shape index (κ1) is 8.62. The number of rotatable bonds is 3. The van der Waals surface area contributed by atoms with Crippen LogP contribution in [-0.4, -0.2) is 33.9 Å². The summed E-state index contributed by atoms with van der Waals surface area (Å²) in [6.07, 6.45) is -0.605. The first-order valence-corrected chi connectivity index (χ1v) is 3.45. The Morgan fingerprint density at radius 3 is 2.12 bits per heavy atom. The number of hydrogen-bond donors (Lipinski definition) is 4. The van der Waals surface area contributed by atoms with Crippen LogP contribution in [0.15, 0.2) is 0 Å². The average Bonchev–Trinajstić information content (AvgIpc) is 1.84. The molecule has 8 heavy (non-hydrogen) atoms. The summed E-state index contributed by atoms with van der Waals surface area (Å²) in [5.74, 6) is 0.342. The van der Waals surface area contributed by atoms with E-state index in [9.17, 15) is 0 Å². The molecular formula is C4H10O2S2. The molecule has 0 radical (unpaired) electrons. The molecule has 50 valence electrons. The van der Waals surface area contributed by atoms with Crippen molar-refractivity contribution >= 4 is 25.3 Å². The molecule has 0 amide bonds. The molecule has 0 aromatic carbocycles. The first-order valence-electron chi connectivity index (χ1n) is 2.30. The third kappa shape index (κ3) is 2.81. The molecule has 0 fully saturated rings. The molecule has 0 aromatic heterocycles. The molecule has 0 heterocycles. The van der Waals surface area contributed by atoms with Crippen LogP contribution in [0.5, 0.6) is 0 Å². The van der Waals surface area contributed by atoms with E-state index >= 15 is 0 Å². The van der Waals surface area contributed by atoms with Gasteiger partial charge in [0.2, 0.25) is 0 Å². The van der Waals surface area contributed by atoms with Crippen LogP contribution in [0.3, 0.4) is 0 Å².